The van der Waals surface area contributed by atoms with Gasteiger partial charge in [0, 0.05) is 35.8 Å². The highest BCUT2D eigenvalue weighted by molar-refractivity contribution is 6.35. The minimum Gasteiger partial charge on any atom is -0.296 e. The van der Waals surface area contributed by atoms with Gasteiger partial charge in [0.2, 0.25) is 5.91 Å². The summed E-state index contributed by atoms with van der Waals surface area (Å²) in [6.07, 6.45) is 0.181. The van der Waals surface area contributed by atoms with Gasteiger partial charge in [-0.3, -0.25) is 19.3 Å². The lowest BCUT2D eigenvalue weighted by atomic mass is 9.73. The molecule has 1 spiro atoms. The van der Waals surface area contributed by atoms with Crippen LogP contribution in [0.15, 0.2) is 78.9 Å². The molecule has 0 aromatic heterocycles. The van der Waals surface area contributed by atoms with Crippen molar-refractivity contribution in [3.63, 3.8) is 0 Å². The monoisotopic (exact) mass is 429 g/mol. The van der Waals surface area contributed by atoms with Crippen molar-refractivity contribution in [3.05, 3.63) is 101 Å². The maximum Gasteiger partial charge on any atom is 0.225 e. The number of hydrogen-bond acceptors (Lipinski definition) is 3. The summed E-state index contributed by atoms with van der Waals surface area (Å²) < 4.78 is 0. The fourth-order valence-corrected chi connectivity index (χ4v) is 5.59. The Labute approximate surface area is 185 Å². The number of benzene rings is 3. The predicted octanol–water partition coefficient (Wildman–Crippen LogP) is 5.17. The molecule has 31 heavy (non-hydrogen) atoms. The van der Waals surface area contributed by atoms with Crippen LogP contribution in [0, 0.1) is 0 Å². The lowest BCUT2D eigenvalue weighted by Gasteiger charge is -2.38. The molecule has 4 nitrogen and oxygen atoms in total. The van der Waals surface area contributed by atoms with Crippen LogP contribution in [-0.2, 0) is 9.59 Å². The van der Waals surface area contributed by atoms with Gasteiger partial charge in [-0.2, -0.15) is 0 Å². The molecule has 0 radical (unpaired) electrons. The zero-order chi connectivity index (χ0) is 21.8. The molecule has 1 aliphatic carbocycles. The number of rotatable bonds is 2. The van der Waals surface area contributed by atoms with Gasteiger partial charge < -0.3 is 0 Å². The van der Waals surface area contributed by atoms with Crippen LogP contribution in [0.4, 0.5) is 5.69 Å². The van der Waals surface area contributed by atoms with Crippen molar-refractivity contribution in [1.29, 1.82) is 0 Å². The van der Waals surface area contributed by atoms with Crippen LogP contribution < -0.4 is 4.90 Å². The summed E-state index contributed by atoms with van der Waals surface area (Å²) in [6.45, 7) is 1.41. The molecule has 1 aliphatic heterocycles. The first-order valence-corrected chi connectivity index (χ1v) is 10.6. The van der Waals surface area contributed by atoms with Crippen molar-refractivity contribution in [3.8, 4) is 0 Å². The molecule has 1 fully saturated rings. The van der Waals surface area contributed by atoms with E-state index in [1.165, 1.54) is 11.8 Å². The summed E-state index contributed by atoms with van der Waals surface area (Å²) in [5, 5.41) is 0.397. The van der Waals surface area contributed by atoms with Crippen molar-refractivity contribution >= 4 is 34.8 Å². The molecule has 0 N–H and O–H groups in total. The third-order valence-corrected chi connectivity index (χ3v) is 6.76. The smallest absolute Gasteiger partial charge is 0.225 e. The lowest BCUT2D eigenvalue weighted by Crippen LogP contribution is -2.59. The number of nitrogens with zero attached hydrogens (tertiary/aromatic N) is 1. The van der Waals surface area contributed by atoms with Crippen molar-refractivity contribution in [2.45, 2.75) is 30.7 Å². The van der Waals surface area contributed by atoms with E-state index in [4.69, 9.17) is 11.6 Å². The summed E-state index contributed by atoms with van der Waals surface area (Å²) >= 11 is 6.18. The largest absolute Gasteiger partial charge is 0.296 e. The zero-order valence-electron chi connectivity index (χ0n) is 16.9. The van der Waals surface area contributed by atoms with Gasteiger partial charge >= 0.3 is 0 Å². The SMILES string of the molecule is CC(=O)N1c2ccc(Cl)cc2C(=O)[C@]12C(=O)C[C@H](c1ccccc1)[C@H]2c1ccccc1. The number of ketones is 2. The molecule has 3 aromatic carbocycles. The minimum absolute atomic E-state index is 0.181. The number of fused-ring (bicyclic) bond motifs is 1. The van der Waals surface area contributed by atoms with Crippen LogP contribution in [0.3, 0.4) is 0 Å². The molecule has 5 heteroatoms. The Hall–Kier alpha value is -3.24. The van der Waals surface area contributed by atoms with Gasteiger partial charge in [0.1, 0.15) is 0 Å². The molecule has 0 unspecified atom stereocenters. The van der Waals surface area contributed by atoms with E-state index in [1.807, 2.05) is 60.7 Å². The van der Waals surface area contributed by atoms with Gasteiger partial charge in [-0.15, -0.1) is 0 Å². The van der Waals surface area contributed by atoms with Crippen molar-refractivity contribution in [2.75, 3.05) is 4.90 Å². The van der Waals surface area contributed by atoms with E-state index in [-0.39, 0.29) is 29.8 Å². The summed E-state index contributed by atoms with van der Waals surface area (Å²) in [7, 11) is 0. The Morgan fingerprint density at radius 2 is 1.55 bits per heavy atom. The summed E-state index contributed by atoms with van der Waals surface area (Å²) in [6, 6.07) is 24.2. The van der Waals surface area contributed by atoms with Crippen LogP contribution in [0.2, 0.25) is 5.02 Å². The maximum atomic E-state index is 14.0. The van der Waals surface area contributed by atoms with Crippen LogP contribution in [0.25, 0.3) is 0 Å². The number of halogens is 1. The van der Waals surface area contributed by atoms with Crippen LogP contribution in [0.1, 0.15) is 46.7 Å². The quantitative estimate of drug-likeness (QED) is 0.528. The van der Waals surface area contributed by atoms with Gasteiger partial charge in [-0.05, 0) is 29.3 Å². The van der Waals surface area contributed by atoms with Gasteiger partial charge in [-0.1, -0.05) is 72.3 Å². The van der Waals surface area contributed by atoms with E-state index in [0.717, 1.165) is 11.1 Å². The Balaban J connectivity index is 1.80. The van der Waals surface area contributed by atoms with E-state index in [1.54, 1.807) is 18.2 Å². The van der Waals surface area contributed by atoms with E-state index in [2.05, 4.69) is 0 Å². The molecule has 1 heterocycles. The van der Waals surface area contributed by atoms with E-state index >= 15 is 0 Å². The van der Waals surface area contributed by atoms with E-state index in [9.17, 15) is 14.4 Å². The first-order valence-electron chi connectivity index (χ1n) is 10.2. The minimum atomic E-state index is -1.61. The highest BCUT2D eigenvalue weighted by Gasteiger charge is 2.68. The highest BCUT2D eigenvalue weighted by Crippen LogP contribution is 2.58. The molecule has 3 atom stereocenters. The number of Topliss-reactive ketones (excluding diaryl/α,β-unsaturated/α-hetero) is 2. The number of anilines is 1. The molecule has 154 valence electrons. The van der Waals surface area contributed by atoms with Gasteiger partial charge in [0.25, 0.3) is 0 Å². The van der Waals surface area contributed by atoms with Gasteiger partial charge in [0.15, 0.2) is 17.1 Å². The normalized spacial score (nSPS) is 24.6. The summed E-state index contributed by atoms with van der Waals surface area (Å²) in [5.41, 5.74) is 1.00. The Bertz CT molecular complexity index is 1210. The van der Waals surface area contributed by atoms with Crippen molar-refractivity contribution < 1.29 is 14.4 Å². The van der Waals surface area contributed by atoms with Crippen LogP contribution >= 0.6 is 11.6 Å². The van der Waals surface area contributed by atoms with Crippen LogP contribution in [0.5, 0.6) is 0 Å². The second kappa shape index (κ2) is 7.17. The second-order valence-corrected chi connectivity index (χ2v) is 8.58. The van der Waals surface area contributed by atoms with Gasteiger partial charge in [0.05, 0.1) is 5.69 Å². The average Bonchev–Trinajstić information content (AvgIpc) is 3.22. The topological polar surface area (TPSA) is 54.5 Å². The van der Waals surface area contributed by atoms with E-state index < -0.39 is 11.5 Å². The molecule has 2 aliphatic rings. The molecule has 5 rings (SSSR count). The first kappa shape index (κ1) is 19.7. The number of hydrogen-bond donors (Lipinski definition) is 0. The van der Waals surface area contributed by atoms with Crippen molar-refractivity contribution in [2.24, 2.45) is 0 Å². The van der Waals surface area contributed by atoms with E-state index in [0.29, 0.717) is 16.3 Å². The maximum absolute atomic E-state index is 14.0. The standard InChI is InChI=1S/C26H20ClNO3/c1-16(29)28-22-13-12-19(27)14-21(22)25(31)26(28)23(30)15-20(17-8-4-2-5-9-17)24(26)18-10-6-3-7-11-18/h2-14,20,24H,15H2,1H3/t20-,24-,26-/m1/s1. The van der Waals surface area contributed by atoms with Crippen LogP contribution in [-0.4, -0.2) is 23.0 Å². The summed E-state index contributed by atoms with van der Waals surface area (Å²) in [4.78, 5) is 42.2. The average molecular weight is 430 g/mol. The molecule has 3 aromatic rings. The number of carbonyl (C=O) groups excluding carboxylic acids is 3. The Kier molecular flexibility index (Phi) is 4.56. The van der Waals surface area contributed by atoms with Crippen molar-refractivity contribution in [1.82, 2.24) is 0 Å². The lowest BCUT2D eigenvalue weighted by molar-refractivity contribution is -0.125. The first-order chi connectivity index (χ1) is 15.0. The summed E-state index contributed by atoms with van der Waals surface area (Å²) in [5.74, 6) is -1.66. The van der Waals surface area contributed by atoms with Gasteiger partial charge in [-0.25, -0.2) is 0 Å². The predicted molar refractivity (Wildman–Crippen MR) is 120 cm³/mol. The number of amides is 1. The fourth-order valence-electron chi connectivity index (χ4n) is 5.41. The molecule has 0 saturated heterocycles. The molecule has 1 saturated carbocycles. The molecule has 0 bridgehead atoms. The zero-order valence-corrected chi connectivity index (χ0v) is 17.7. The molecular formula is C26H20ClNO3. The third kappa shape index (κ3) is 2.71. The number of carbonyl (C=O) groups is 3. The fraction of sp³-hybridized carbons (Fsp3) is 0.192. The Morgan fingerprint density at radius 3 is 2.16 bits per heavy atom. The second-order valence-electron chi connectivity index (χ2n) is 8.14. The molecular weight excluding hydrogens is 410 g/mol. The highest BCUT2D eigenvalue weighted by atomic mass is 35.5. The third-order valence-electron chi connectivity index (χ3n) is 6.53. The molecule has 1 amide bonds. The Morgan fingerprint density at radius 1 is 0.935 bits per heavy atom.